The fourth-order valence-corrected chi connectivity index (χ4v) is 1.52. The van der Waals surface area contributed by atoms with Crippen LogP contribution in [0.15, 0.2) is 71.7 Å². The molecule has 2 aromatic carbocycles. The second-order valence-corrected chi connectivity index (χ2v) is 3.83. The Morgan fingerprint density at radius 1 is 0.792 bits per heavy atom. The maximum atomic E-state index is 7.50. The molecule has 0 unspecified atom stereocenters. The van der Waals surface area contributed by atoms with E-state index in [4.69, 9.17) is 14.0 Å². The largest absolute Gasteiger partial charge is 0 e. The van der Waals surface area contributed by atoms with E-state index in [2.05, 4.69) is 43.2 Å². The Hall–Kier alpha value is -2.41. The average molecular weight is 361 g/mol. The molecule has 0 aliphatic carbocycles. The molecular weight excluding hydrogens is 346 g/mol. The smallest absolute Gasteiger partial charge is 0 e. The summed E-state index contributed by atoms with van der Waals surface area (Å²) in [6.45, 7) is 15.5. The third-order valence-electron chi connectivity index (χ3n) is 2.38. The topological polar surface area (TPSA) is 72.1 Å². The van der Waals surface area contributed by atoms with Crippen LogP contribution < -0.4 is 0 Å². The Kier molecular flexibility index (Phi) is 22.7. The molecule has 2 rings (SSSR count). The summed E-state index contributed by atoms with van der Waals surface area (Å²) in [6, 6.07) is 20.2. The minimum atomic E-state index is 0. The zero-order chi connectivity index (χ0) is 17.9. The molecule has 2 aromatic rings. The molecule has 0 aromatic heterocycles. The van der Waals surface area contributed by atoms with E-state index in [-0.39, 0.29) is 17.1 Å². The Balaban J connectivity index is -0.000000569. The summed E-state index contributed by atoms with van der Waals surface area (Å²) >= 11 is 0. The van der Waals surface area contributed by atoms with Gasteiger partial charge in [0, 0.05) is 22.8 Å². The molecule has 0 fully saturated rings. The van der Waals surface area contributed by atoms with Crippen molar-refractivity contribution in [2.45, 2.75) is 6.92 Å². The number of nitrogens with zero attached hydrogens (tertiary/aromatic N) is 1. The molecule has 0 heterocycles. The van der Waals surface area contributed by atoms with Gasteiger partial charge in [-0.05, 0) is 30.7 Å². The molecule has 0 radical (unpaired) electrons. The molecule has 122 valence electrons. The van der Waals surface area contributed by atoms with Gasteiger partial charge in [0.1, 0.15) is 0 Å². The van der Waals surface area contributed by atoms with E-state index in [9.17, 15) is 0 Å². The Bertz CT molecular complexity index is 630. The van der Waals surface area contributed by atoms with E-state index < -0.39 is 0 Å². The third-order valence-corrected chi connectivity index (χ3v) is 2.38. The van der Waals surface area contributed by atoms with Crippen molar-refractivity contribution in [1.29, 1.82) is 0 Å². The SMILES string of the molecule is CC(/C=C/c1ccccc1)=Nc1ccccc1.[C-]#[O+].[C-]#[O+].[C-]#[O+].[Fe]. The van der Waals surface area contributed by atoms with Gasteiger partial charge in [-0.15, -0.1) is 0 Å². The van der Waals surface area contributed by atoms with Gasteiger partial charge < -0.3 is 0 Å². The van der Waals surface area contributed by atoms with Crippen LogP contribution >= 0.6 is 0 Å². The molecule has 0 bridgehead atoms. The van der Waals surface area contributed by atoms with E-state index in [1.54, 1.807) is 0 Å². The first kappa shape index (κ1) is 26.5. The summed E-state index contributed by atoms with van der Waals surface area (Å²) in [5.74, 6) is 0. The molecule has 4 nitrogen and oxygen atoms in total. The predicted octanol–water partition coefficient (Wildman–Crippen LogP) is 4.38. The fourth-order valence-electron chi connectivity index (χ4n) is 1.52. The molecular formula is C19H15FeNO3. The Morgan fingerprint density at radius 3 is 1.67 bits per heavy atom. The Morgan fingerprint density at radius 2 is 1.21 bits per heavy atom. The monoisotopic (exact) mass is 361 g/mol. The molecule has 0 aliphatic rings. The zero-order valence-corrected chi connectivity index (χ0v) is 14.1. The van der Waals surface area contributed by atoms with Crippen molar-refractivity contribution in [3.05, 3.63) is 92.3 Å². The van der Waals surface area contributed by atoms with Crippen LogP contribution in [0.25, 0.3) is 6.08 Å². The predicted molar refractivity (Wildman–Crippen MR) is 86.5 cm³/mol. The Labute approximate surface area is 153 Å². The van der Waals surface area contributed by atoms with Crippen LogP contribution in [0.1, 0.15) is 12.5 Å². The van der Waals surface area contributed by atoms with Gasteiger partial charge in [0.05, 0.1) is 5.69 Å². The summed E-state index contributed by atoms with van der Waals surface area (Å²) in [4.78, 5) is 4.50. The van der Waals surface area contributed by atoms with Crippen molar-refractivity contribution in [2.75, 3.05) is 0 Å². The molecule has 0 N–H and O–H groups in total. The summed E-state index contributed by atoms with van der Waals surface area (Å²) in [5, 5.41) is 0. The first-order valence-corrected chi connectivity index (χ1v) is 6.29. The van der Waals surface area contributed by atoms with E-state index in [1.807, 2.05) is 61.5 Å². The van der Waals surface area contributed by atoms with Crippen LogP contribution in [0.3, 0.4) is 0 Å². The molecule has 0 saturated carbocycles. The molecule has 0 saturated heterocycles. The van der Waals surface area contributed by atoms with E-state index in [1.165, 1.54) is 5.56 Å². The average Bonchev–Trinajstić information content (AvgIpc) is 2.67. The number of hydrogen-bond acceptors (Lipinski definition) is 1. The maximum absolute atomic E-state index is 7.50. The van der Waals surface area contributed by atoms with Crippen molar-refractivity contribution < 1.29 is 31.0 Å². The molecule has 5 heteroatoms. The van der Waals surface area contributed by atoms with Crippen LogP contribution in [-0.2, 0) is 31.0 Å². The van der Waals surface area contributed by atoms with Gasteiger partial charge in [-0.25, -0.2) is 0 Å². The van der Waals surface area contributed by atoms with Crippen LogP contribution in [0, 0.1) is 20.0 Å². The van der Waals surface area contributed by atoms with Crippen molar-refractivity contribution in [3.8, 4) is 0 Å². The fraction of sp³-hybridized carbons (Fsp3) is 0.0526. The van der Waals surface area contributed by atoms with Crippen LogP contribution in [0.4, 0.5) is 5.69 Å². The minimum absolute atomic E-state index is 0. The van der Waals surface area contributed by atoms with E-state index in [0.29, 0.717) is 0 Å². The first-order chi connectivity index (χ1) is 11.3. The van der Waals surface area contributed by atoms with Gasteiger partial charge in [0.15, 0.2) is 0 Å². The number of para-hydroxylation sites is 1. The molecule has 0 atom stereocenters. The van der Waals surface area contributed by atoms with Gasteiger partial charge in [0.25, 0.3) is 0 Å². The van der Waals surface area contributed by atoms with Crippen LogP contribution in [0.2, 0.25) is 0 Å². The van der Waals surface area contributed by atoms with E-state index in [0.717, 1.165) is 11.4 Å². The number of rotatable bonds is 3. The summed E-state index contributed by atoms with van der Waals surface area (Å²) in [6.07, 6.45) is 4.10. The summed E-state index contributed by atoms with van der Waals surface area (Å²) < 4.78 is 22.5. The van der Waals surface area contributed by atoms with Crippen LogP contribution in [-0.4, -0.2) is 5.71 Å². The molecule has 0 spiro atoms. The van der Waals surface area contributed by atoms with Crippen molar-refractivity contribution in [2.24, 2.45) is 4.99 Å². The van der Waals surface area contributed by atoms with Crippen molar-refractivity contribution in [3.63, 3.8) is 0 Å². The van der Waals surface area contributed by atoms with Gasteiger partial charge in [-0.1, -0.05) is 54.6 Å². The zero-order valence-electron chi connectivity index (χ0n) is 13.0. The number of benzene rings is 2. The number of hydrogen-bond donors (Lipinski definition) is 0. The molecule has 0 aliphatic heterocycles. The summed E-state index contributed by atoms with van der Waals surface area (Å²) in [5.41, 5.74) is 3.18. The molecule has 24 heavy (non-hydrogen) atoms. The number of aliphatic imine (C=N–C) groups is 1. The van der Waals surface area contributed by atoms with Gasteiger partial charge in [-0.2, -0.15) is 0 Å². The molecule has 0 amide bonds. The second kappa shape index (κ2) is 20.6. The standard InChI is InChI=1S/C16H15N.3CO.Fe/c1-14(17-16-10-6-3-7-11-16)12-13-15-8-4-2-5-9-15;3*1-2;/h2-13H,1H3;;;;/b13-12+,17-14?;;;;. The van der Waals surface area contributed by atoms with Gasteiger partial charge in [-0.3, -0.25) is 4.99 Å². The van der Waals surface area contributed by atoms with Crippen LogP contribution in [0.5, 0.6) is 0 Å². The third kappa shape index (κ3) is 13.3. The minimum Gasteiger partial charge on any atom is 0 e. The van der Waals surface area contributed by atoms with Gasteiger partial charge >= 0.3 is 33.9 Å². The first-order valence-electron chi connectivity index (χ1n) is 6.29. The van der Waals surface area contributed by atoms with Crippen molar-refractivity contribution >= 4 is 17.5 Å². The normalized spacial score (nSPS) is 8.71. The maximum Gasteiger partial charge on any atom is 0 e. The summed E-state index contributed by atoms with van der Waals surface area (Å²) in [7, 11) is 0. The van der Waals surface area contributed by atoms with Crippen molar-refractivity contribution in [1.82, 2.24) is 0 Å². The second-order valence-electron chi connectivity index (χ2n) is 3.83. The van der Waals surface area contributed by atoms with Gasteiger partial charge in [0.2, 0.25) is 0 Å². The van der Waals surface area contributed by atoms with E-state index >= 15 is 0 Å². The number of allylic oxidation sites excluding steroid dienone is 1. The quantitative estimate of drug-likeness (QED) is 0.337.